The number of nitrogens with zero attached hydrogens (tertiary/aromatic N) is 2. The van der Waals surface area contributed by atoms with Crippen molar-refractivity contribution in [2.45, 2.75) is 6.42 Å². The molecule has 0 spiro atoms. The standard InChI is InChI=1S/C17H14N2OS/c20-17(19-8-4-9-19)13-11-15(16-7-3-10-21-16)18-14-6-2-1-5-12(13)14/h1-3,5-7,10-11H,4,8-9H2. The van der Waals surface area contributed by atoms with Crippen LogP contribution in [0.3, 0.4) is 0 Å². The van der Waals surface area contributed by atoms with Crippen LogP contribution in [0.5, 0.6) is 0 Å². The Morgan fingerprint density at radius 2 is 2.00 bits per heavy atom. The Kier molecular flexibility index (Phi) is 2.97. The first-order chi connectivity index (χ1) is 10.3. The van der Waals surface area contributed by atoms with Crippen molar-refractivity contribution in [3.05, 3.63) is 53.4 Å². The molecular formula is C17H14N2OS. The van der Waals surface area contributed by atoms with Crippen LogP contribution >= 0.6 is 11.3 Å². The fraction of sp³-hybridized carbons (Fsp3) is 0.176. The van der Waals surface area contributed by atoms with E-state index in [2.05, 4.69) is 0 Å². The topological polar surface area (TPSA) is 33.2 Å². The first kappa shape index (κ1) is 12.5. The summed E-state index contributed by atoms with van der Waals surface area (Å²) in [5, 5.41) is 2.97. The minimum Gasteiger partial charge on any atom is -0.338 e. The molecule has 3 aromatic rings. The predicted molar refractivity (Wildman–Crippen MR) is 85.6 cm³/mol. The van der Waals surface area contributed by atoms with Crippen molar-refractivity contribution in [1.29, 1.82) is 0 Å². The van der Waals surface area contributed by atoms with E-state index in [1.807, 2.05) is 52.7 Å². The van der Waals surface area contributed by atoms with E-state index in [0.29, 0.717) is 0 Å². The van der Waals surface area contributed by atoms with Gasteiger partial charge in [0.15, 0.2) is 0 Å². The highest BCUT2D eigenvalue weighted by molar-refractivity contribution is 7.13. The first-order valence-corrected chi connectivity index (χ1v) is 7.94. The summed E-state index contributed by atoms with van der Waals surface area (Å²) in [5.41, 5.74) is 2.53. The third kappa shape index (κ3) is 2.12. The van der Waals surface area contributed by atoms with Crippen LogP contribution in [-0.2, 0) is 0 Å². The van der Waals surface area contributed by atoms with Crippen molar-refractivity contribution in [3.8, 4) is 10.6 Å². The molecule has 1 fully saturated rings. The van der Waals surface area contributed by atoms with Gasteiger partial charge < -0.3 is 4.90 Å². The molecule has 104 valence electrons. The molecule has 0 atom stereocenters. The Hall–Kier alpha value is -2.20. The molecule has 4 rings (SSSR count). The molecule has 1 saturated heterocycles. The van der Waals surface area contributed by atoms with Crippen molar-refractivity contribution >= 4 is 28.1 Å². The predicted octanol–water partition coefficient (Wildman–Crippen LogP) is 3.81. The highest BCUT2D eigenvalue weighted by Crippen LogP contribution is 2.29. The maximum Gasteiger partial charge on any atom is 0.254 e. The zero-order chi connectivity index (χ0) is 14.2. The van der Waals surface area contributed by atoms with Crippen LogP contribution in [-0.4, -0.2) is 28.9 Å². The van der Waals surface area contributed by atoms with Gasteiger partial charge in [0.05, 0.1) is 21.7 Å². The second-order valence-corrected chi connectivity index (χ2v) is 6.14. The van der Waals surface area contributed by atoms with Gasteiger partial charge in [-0.05, 0) is 30.0 Å². The van der Waals surface area contributed by atoms with Crippen molar-refractivity contribution in [1.82, 2.24) is 9.88 Å². The monoisotopic (exact) mass is 294 g/mol. The minimum absolute atomic E-state index is 0.123. The van der Waals surface area contributed by atoms with Crippen LogP contribution in [0.4, 0.5) is 0 Å². The first-order valence-electron chi connectivity index (χ1n) is 7.06. The molecule has 2 aromatic heterocycles. The maximum absolute atomic E-state index is 12.7. The molecule has 4 heteroatoms. The molecule has 0 saturated carbocycles. The van der Waals surface area contributed by atoms with Gasteiger partial charge in [-0.15, -0.1) is 11.3 Å². The van der Waals surface area contributed by atoms with Crippen molar-refractivity contribution in [2.24, 2.45) is 0 Å². The minimum atomic E-state index is 0.123. The van der Waals surface area contributed by atoms with Crippen LogP contribution in [0.25, 0.3) is 21.5 Å². The Balaban J connectivity index is 1.92. The normalized spacial score (nSPS) is 14.2. The molecule has 1 aliphatic heterocycles. The van der Waals surface area contributed by atoms with Crippen molar-refractivity contribution in [2.75, 3.05) is 13.1 Å². The largest absolute Gasteiger partial charge is 0.338 e. The number of amides is 1. The number of carbonyl (C=O) groups is 1. The van der Waals surface area contributed by atoms with Gasteiger partial charge in [-0.3, -0.25) is 4.79 Å². The molecule has 0 unspecified atom stereocenters. The van der Waals surface area contributed by atoms with Gasteiger partial charge >= 0.3 is 0 Å². The summed E-state index contributed by atoms with van der Waals surface area (Å²) >= 11 is 1.65. The zero-order valence-electron chi connectivity index (χ0n) is 11.5. The summed E-state index contributed by atoms with van der Waals surface area (Å²) in [7, 11) is 0. The van der Waals surface area contributed by atoms with Gasteiger partial charge in [-0.2, -0.15) is 0 Å². The van der Waals surface area contributed by atoms with Crippen LogP contribution < -0.4 is 0 Å². The van der Waals surface area contributed by atoms with Gasteiger partial charge in [0.2, 0.25) is 0 Å². The number of pyridine rings is 1. The molecule has 3 heterocycles. The average Bonchev–Trinajstić information content (AvgIpc) is 2.98. The van der Waals surface area contributed by atoms with E-state index in [1.54, 1.807) is 11.3 Å². The van der Waals surface area contributed by atoms with Crippen molar-refractivity contribution < 1.29 is 4.79 Å². The number of para-hydroxylation sites is 1. The number of rotatable bonds is 2. The molecule has 1 amide bonds. The Morgan fingerprint density at radius 1 is 1.14 bits per heavy atom. The van der Waals surface area contributed by atoms with Crippen LogP contribution in [0.15, 0.2) is 47.8 Å². The summed E-state index contributed by atoms with van der Waals surface area (Å²) < 4.78 is 0. The smallest absolute Gasteiger partial charge is 0.254 e. The molecular weight excluding hydrogens is 280 g/mol. The van der Waals surface area contributed by atoms with E-state index in [0.717, 1.165) is 46.5 Å². The average molecular weight is 294 g/mol. The van der Waals surface area contributed by atoms with E-state index in [9.17, 15) is 4.79 Å². The summed E-state index contributed by atoms with van der Waals surface area (Å²) in [4.78, 5) is 20.4. The van der Waals surface area contributed by atoms with E-state index in [1.165, 1.54) is 0 Å². The van der Waals surface area contributed by atoms with Crippen LogP contribution in [0, 0.1) is 0 Å². The summed E-state index contributed by atoms with van der Waals surface area (Å²) in [5.74, 6) is 0.123. The number of hydrogen-bond acceptors (Lipinski definition) is 3. The van der Waals surface area contributed by atoms with Crippen molar-refractivity contribution in [3.63, 3.8) is 0 Å². The zero-order valence-corrected chi connectivity index (χ0v) is 12.3. The molecule has 0 radical (unpaired) electrons. The van der Waals surface area contributed by atoms with Gasteiger partial charge in [-0.1, -0.05) is 24.3 Å². The van der Waals surface area contributed by atoms with Gasteiger partial charge in [-0.25, -0.2) is 4.98 Å². The van der Waals surface area contributed by atoms with E-state index >= 15 is 0 Å². The lowest BCUT2D eigenvalue weighted by atomic mass is 10.0. The molecule has 0 N–H and O–H groups in total. The molecule has 1 aliphatic rings. The number of benzene rings is 1. The molecule has 0 bridgehead atoms. The number of carbonyl (C=O) groups excluding carboxylic acids is 1. The fourth-order valence-electron chi connectivity index (χ4n) is 2.59. The quantitative estimate of drug-likeness (QED) is 0.720. The molecule has 0 aliphatic carbocycles. The summed E-state index contributed by atoms with van der Waals surface area (Å²) in [6, 6.07) is 13.9. The number of thiophene rings is 1. The SMILES string of the molecule is O=C(c1cc(-c2cccs2)nc2ccccc12)N1CCC1. The highest BCUT2D eigenvalue weighted by Gasteiger charge is 2.24. The van der Waals surface area contributed by atoms with Crippen LogP contribution in [0.1, 0.15) is 16.8 Å². The third-order valence-electron chi connectivity index (χ3n) is 3.86. The van der Waals surface area contributed by atoms with Gasteiger partial charge in [0.25, 0.3) is 5.91 Å². The molecule has 1 aromatic carbocycles. The lowest BCUT2D eigenvalue weighted by molar-refractivity contribution is 0.0654. The highest BCUT2D eigenvalue weighted by atomic mass is 32.1. The van der Waals surface area contributed by atoms with E-state index < -0.39 is 0 Å². The third-order valence-corrected chi connectivity index (χ3v) is 4.76. The van der Waals surface area contributed by atoms with E-state index in [4.69, 9.17) is 4.98 Å². The van der Waals surface area contributed by atoms with Crippen LogP contribution in [0.2, 0.25) is 0 Å². The van der Waals surface area contributed by atoms with Gasteiger partial charge in [0.1, 0.15) is 0 Å². The Bertz CT molecular complexity index is 807. The lowest BCUT2D eigenvalue weighted by Crippen LogP contribution is -2.42. The van der Waals surface area contributed by atoms with E-state index in [-0.39, 0.29) is 5.91 Å². The summed E-state index contributed by atoms with van der Waals surface area (Å²) in [6.45, 7) is 1.73. The number of aromatic nitrogens is 1. The molecule has 21 heavy (non-hydrogen) atoms. The second-order valence-electron chi connectivity index (χ2n) is 5.20. The Morgan fingerprint density at radius 3 is 2.71 bits per heavy atom. The second kappa shape index (κ2) is 4.97. The number of fused-ring (bicyclic) bond motifs is 1. The number of hydrogen-bond donors (Lipinski definition) is 0. The summed E-state index contributed by atoms with van der Waals surface area (Å²) in [6.07, 6.45) is 1.10. The Labute approximate surface area is 126 Å². The maximum atomic E-state index is 12.7. The fourth-order valence-corrected chi connectivity index (χ4v) is 3.28. The molecule has 3 nitrogen and oxygen atoms in total. The lowest BCUT2D eigenvalue weighted by Gasteiger charge is -2.31. The van der Waals surface area contributed by atoms with Gasteiger partial charge in [0, 0.05) is 18.5 Å². The number of likely N-dealkylation sites (tertiary alicyclic amines) is 1.